The molecule has 2 fully saturated rings. The molecule has 1 nitrogen and oxygen atoms in total. The van der Waals surface area contributed by atoms with Gasteiger partial charge in [0.1, 0.15) is 6.29 Å². The first kappa shape index (κ1) is 14.7. The van der Waals surface area contributed by atoms with E-state index in [0.717, 1.165) is 48.4 Å². The Morgan fingerprint density at radius 2 is 2.14 bits per heavy atom. The van der Waals surface area contributed by atoms with Crippen molar-refractivity contribution in [1.82, 2.24) is 0 Å². The zero-order valence-corrected chi connectivity index (χ0v) is 14.2. The molecule has 2 saturated carbocycles. The zero-order valence-electron chi connectivity index (χ0n) is 14.2. The first-order chi connectivity index (χ1) is 10.7. The molecule has 0 saturated heterocycles. The second-order valence-electron chi connectivity index (χ2n) is 8.55. The zero-order chi connectivity index (χ0) is 15.3. The summed E-state index contributed by atoms with van der Waals surface area (Å²) in [7, 11) is 0. The van der Waals surface area contributed by atoms with Crippen LogP contribution in [-0.2, 0) is 4.79 Å². The molecule has 4 aliphatic rings. The number of fused-ring (bicyclic) bond motifs is 4. The molecule has 0 bridgehead atoms. The number of rotatable bonds is 2. The van der Waals surface area contributed by atoms with Gasteiger partial charge in [-0.15, -0.1) is 0 Å². The summed E-state index contributed by atoms with van der Waals surface area (Å²) in [6.45, 7) is 5.02. The second-order valence-corrected chi connectivity index (χ2v) is 8.55. The summed E-state index contributed by atoms with van der Waals surface area (Å²) in [5.74, 6) is 3.74. The van der Waals surface area contributed by atoms with Gasteiger partial charge in [0, 0.05) is 0 Å². The van der Waals surface area contributed by atoms with E-state index in [-0.39, 0.29) is 0 Å². The molecule has 0 aromatic carbocycles. The third kappa shape index (κ3) is 2.00. The van der Waals surface area contributed by atoms with Crippen LogP contribution in [0.4, 0.5) is 0 Å². The normalized spacial score (nSPS) is 44.0. The number of hydrogen-bond acceptors (Lipinski definition) is 1. The number of carbonyl (C=O) groups is 1. The molecule has 0 N–H and O–H groups in total. The van der Waals surface area contributed by atoms with E-state index >= 15 is 0 Å². The Morgan fingerprint density at radius 3 is 2.91 bits per heavy atom. The van der Waals surface area contributed by atoms with E-state index in [2.05, 4.69) is 19.9 Å². The molecular weight excluding hydrogens is 268 g/mol. The van der Waals surface area contributed by atoms with Crippen LogP contribution in [0.3, 0.4) is 0 Å². The van der Waals surface area contributed by atoms with Gasteiger partial charge in [-0.2, -0.15) is 0 Å². The SMILES string of the molecule is CCC1CCC2C3CCC4=C(CC=C(C=O)C4)C3CCC12C. The highest BCUT2D eigenvalue weighted by Gasteiger charge is 2.54. The number of aldehydes is 1. The highest BCUT2D eigenvalue weighted by Crippen LogP contribution is 2.63. The number of hydrogen-bond donors (Lipinski definition) is 0. The molecule has 4 rings (SSSR count). The first-order valence-electron chi connectivity index (χ1n) is 9.52. The lowest BCUT2D eigenvalue weighted by Crippen LogP contribution is -2.43. The van der Waals surface area contributed by atoms with Gasteiger partial charge in [-0.05, 0) is 86.0 Å². The minimum absolute atomic E-state index is 0.631. The van der Waals surface area contributed by atoms with Crippen LogP contribution in [0, 0.1) is 29.1 Å². The Morgan fingerprint density at radius 1 is 1.27 bits per heavy atom. The molecule has 0 spiro atoms. The fraction of sp³-hybridized carbons (Fsp3) is 0.762. The molecule has 120 valence electrons. The molecule has 0 aliphatic heterocycles. The number of carbonyl (C=O) groups excluding carboxylic acids is 1. The Bertz CT molecular complexity index is 540. The van der Waals surface area contributed by atoms with E-state index in [9.17, 15) is 4.79 Å². The highest BCUT2D eigenvalue weighted by molar-refractivity contribution is 5.75. The lowest BCUT2D eigenvalue weighted by atomic mass is 9.53. The molecule has 0 aromatic heterocycles. The molecule has 4 aliphatic carbocycles. The average Bonchev–Trinajstić information content (AvgIpc) is 2.90. The van der Waals surface area contributed by atoms with Gasteiger partial charge >= 0.3 is 0 Å². The smallest absolute Gasteiger partial charge is 0.146 e. The van der Waals surface area contributed by atoms with E-state index in [1.807, 2.05) is 0 Å². The molecule has 22 heavy (non-hydrogen) atoms. The van der Waals surface area contributed by atoms with Gasteiger partial charge in [-0.25, -0.2) is 0 Å². The molecular formula is C21H30O. The van der Waals surface area contributed by atoms with E-state index in [4.69, 9.17) is 0 Å². The van der Waals surface area contributed by atoms with Gasteiger partial charge < -0.3 is 0 Å². The lowest BCUT2D eigenvalue weighted by molar-refractivity contribution is -0.105. The lowest BCUT2D eigenvalue weighted by Gasteiger charge is -2.52. The van der Waals surface area contributed by atoms with Crippen molar-refractivity contribution in [3.8, 4) is 0 Å². The third-order valence-corrected chi connectivity index (χ3v) is 7.96. The van der Waals surface area contributed by atoms with Crippen LogP contribution in [0.25, 0.3) is 0 Å². The fourth-order valence-corrected chi connectivity index (χ4v) is 6.81. The van der Waals surface area contributed by atoms with Crippen LogP contribution < -0.4 is 0 Å². The summed E-state index contributed by atoms with van der Waals surface area (Å²) in [6.07, 6.45) is 15.2. The summed E-state index contributed by atoms with van der Waals surface area (Å²) in [5, 5.41) is 0. The monoisotopic (exact) mass is 298 g/mol. The highest BCUT2D eigenvalue weighted by atomic mass is 16.1. The molecule has 0 aromatic rings. The van der Waals surface area contributed by atoms with Gasteiger partial charge in [0.2, 0.25) is 0 Å². The van der Waals surface area contributed by atoms with E-state index < -0.39 is 0 Å². The van der Waals surface area contributed by atoms with Crippen molar-refractivity contribution in [3.63, 3.8) is 0 Å². The quantitative estimate of drug-likeness (QED) is 0.488. The van der Waals surface area contributed by atoms with Crippen molar-refractivity contribution in [1.29, 1.82) is 0 Å². The predicted molar refractivity (Wildman–Crippen MR) is 90.5 cm³/mol. The topological polar surface area (TPSA) is 17.1 Å². The fourth-order valence-electron chi connectivity index (χ4n) is 6.81. The summed E-state index contributed by atoms with van der Waals surface area (Å²) in [6, 6.07) is 0. The molecule has 5 atom stereocenters. The minimum Gasteiger partial charge on any atom is -0.298 e. The van der Waals surface area contributed by atoms with Gasteiger partial charge in [0.25, 0.3) is 0 Å². The molecule has 0 heterocycles. The number of allylic oxidation sites excluding steroid dienone is 4. The second kappa shape index (κ2) is 5.35. The summed E-state index contributed by atoms with van der Waals surface area (Å²) < 4.78 is 0. The van der Waals surface area contributed by atoms with E-state index in [1.54, 1.807) is 11.1 Å². The van der Waals surface area contributed by atoms with Crippen molar-refractivity contribution in [2.24, 2.45) is 29.1 Å². The molecule has 1 heteroatoms. The Balaban J connectivity index is 1.60. The van der Waals surface area contributed by atoms with E-state index in [1.165, 1.54) is 44.9 Å². The largest absolute Gasteiger partial charge is 0.298 e. The predicted octanol–water partition coefficient (Wildman–Crippen LogP) is 5.46. The third-order valence-electron chi connectivity index (χ3n) is 7.96. The maximum Gasteiger partial charge on any atom is 0.146 e. The van der Waals surface area contributed by atoms with Gasteiger partial charge in [0.15, 0.2) is 0 Å². The summed E-state index contributed by atoms with van der Waals surface area (Å²) >= 11 is 0. The van der Waals surface area contributed by atoms with Crippen molar-refractivity contribution < 1.29 is 4.79 Å². The summed E-state index contributed by atoms with van der Waals surface area (Å²) in [4.78, 5) is 11.1. The first-order valence-corrected chi connectivity index (χ1v) is 9.52. The van der Waals surface area contributed by atoms with Crippen LogP contribution in [0.15, 0.2) is 22.8 Å². The van der Waals surface area contributed by atoms with Crippen LogP contribution in [0.2, 0.25) is 0 Å². The average molecular weight is 298 g/mol. The van der Waals surface area contributed by atoms with Crippen LogP contribution in [0.5, 0.6) is 0 Å². The molecule has 0 amide bonds. The maximum absolute atomic E-state index is 11.1. The van der Waals surface area contributed by atoms with Crippen LogP contribution in [0.1, 0.15) is 71.6 Å². The van der Waals surface area contributed by atoms with Crippen molar-refractivity contribution in [2.45, 2.75) is 71.6 Å². The standard InChI is InChI=1S/C21H30O/c1-3-16-6-9-20-19-8-5-15-12-14(13-22)4-7-17(15)18(19)10-11-21(16,20)2/h4,13,16,18-20H,3,5-12H2,1-2H3. The van der Waals surface area contributed by atoms with E-state index in [0.29, 0.717) is 5.41 Å². The molecule has 5 unspecified atom stereocenters. The molecule has 0 radical (unpaired) electrons. The van der Waals surface area contributed by atoms with Gasteiger partial charge in [-0.1, -0.05) is 37.5 Å². The Labute approximate surface area is 135 Å². The maximum atomic E-state index is 11.1. The summed E-state index contributed by atoms with van der Waals surface area (Å²) in [5.41, 5.74) is 5.06. The van der Waals surface area contributed by atoms with Gasteiger partial charge in [-0.3, -0.25) is 4.79 Å². The van der Waals surface area contributed by atoms with Crippen molar-refractivity contribution in [3.05, 3.63) is 22.8 Å². The Hall–Kier alpha value is -0.850. The minimum atomic E-state index is 0.631. The van der Waals surface area contributed by atoms with Crippen LogP contribution in [-0.4, -0.2) is 6.29 Å². The van der Waals surface area contributed by atoms with Crippen LogP contribution >= 0.6 is 0 Å². The Kier molecular flexibility index (Phi) is 3.58. The van der Waals surface area contributed by atoms with Crippen molar-refractivity contribution in [2.75, 3.05) is 0 Å². The van der Waals surface area contributed by atoms with Gasteiger partial charge in [0.05, 0.1) is 0 Å². The van der Waals surface area contributed by atoms with Crippen molar-refractivity contribution >= 4 is 6.29 Å².